The molecular formula is C56H88N2O12. The van der Waals surface area contributed by atoms with Gasteiger partial charge in [0, 0.05) is 49.0 Å². The third-order valence-electron chi connectivity index (χ3n) is 17.4. The normalized spacial score (nSPS) is 38.3. The number of benzene rings is 2. The molecule has 2 aromatic carbocycles. The maximum atomic E-state index is 6.98. The van der Waals surface area contributed by atoms with Crippen LogP contribution in [0.3, 0.4) is 0 Å². The number of ether oxygens (including phenoxy) is 10. The lowest BCUT2D eigenvalue weighted by atomic mass is 9.67. The van der Waals surface area contributed by atoms with Crippen molar-refractivity contribution < 1.29 is 57.0 Å². The highest BCUT2D eigenvalue weighted by Gasteiger charge is 2.66. The molecule has 0 radical (unpaired) electrons. The van der Waals surface area contributed by atoms with E-state index in [-0.39, 0.29) is 70.6 Å². The van der Waals surface area contributed by atoms with Gasteiger partial charge >= 0.3 is 0 Å². The molecule has 0 aromatic heterocycles. The molecule has 2 aromatic rings. The van der Waals surface area contributed by atoms with Gasteiger partial charge in [0.15, 0.2) is 11.6 Å². The number of hydrogen-bond donors (Lipinski definition) is 0. The van der Waals surface area contributed by atoms with Crippen molar-refractivity contribution in [2.24, 2.45) is 11.8 Å². The average Bonchev–Trinajstić information content (AvgIpc) is 4.31. The maximum absolute atomic E-state index is 6.98. The first-order valence-corrected chi connectivity index (χ1v) is 26.9. The zero-order valence-electron chi connectivity index (χ0n) is 44.8. The summed E-state index contributed by atoms with van der Waals surface area (Å²) >= 11 is 0. The van der Waals surface area contributed by atoms with Gasteiger partial charge in [-0.05, 0) is 115 Å². The highest BCUT2D eigenvalue weighted by molar-refractivity contribution is 5.29. The Balaban J connectivity index is 0.761. The van der Waals surface area contributed by atoms with Crippen LogP contribution in [0, 0.1) is 11.8 Å². The fraction of sp³-hybridized carbons (Fsp3) is 0.786. The zero-order valence-corrected chi connectivity index (χ0v) is 44.8. The molecule has 14 nitrogen and oxygen atoms in total. The van der Waals surface area contributed by atoms with Crippen LogP contribution in [-0.2, 0) is 47.6 Å². The second kappa shape index (κ2) is 22.2. The van der Waals surface area contributed by atoms with Crippen LogP contribution < -0.4 is 9.47 Å². The van der Waals surface area contributed by atoms with Gasteiger partial charge in [-0.25, -0.2) is 0 Å². The Labute approximate surface area is 419 Å². The Bertz CT molecular complexity index is 1830. The molecule has 6 saturated heterocycles. The summed E-state index contributed by atoms with van der Waals surface area (Å²) < 4.78 is 62.1. The zero-order chi connectivity index (χ0) is 50.0. The average molecular weight is 981 g/mol. The molecule has 0 amide bonds. The van der Waals surface area contributed by atoms with E-state index < -0.39 is 11.6 Å². The summed E-state index contributed by atoms with van der Waals surface area (Å²) in [6, 6.07) is 16.5. The molecule has 14 unspecified atom stereocenters. The third kappa shape index (κ3) is 11.4. The van der Waals surface area contributed by atoms with Crippen LogP contribution in [0.4, 0.5) is 0 Å². The SMILES string of the molecule is CCC1(C)CC2(OCC(COCCCCOCC3COC4(CC(C)(CC)N(OC(C)c5ccc(OCC6CO6)cc5)C(C)(CC)C4C)O3)O2)C(C)C(C)(CC)N1OC(C)c1ccc(OCC2CO2)cc1. The van der Waals surface area contributed by atoms with Gasteiger partial charge in [-0.1, -0.05) is 65.8 Å². The molecule has 14 heteroatoms. The molecule has 6 aliphatic rings. The van der Waals surface area contributed by atoms with Crippen molar-refractivity contribution in [2.75, 3.05) is 66.1 Å². The molecule has 8 rings (SSSR count). The van der Waals surface area contributed by atoms with Gasteiger partial charge in [0.1, 0.15) is 61.3 Å². The number of rotatable bonds is 25. The molecule has 6 aliphatic heterocycles. The van der Waals surface area contributed by atoms with E-state index >= 15 is 0 Å². The molecule has 6 fully saturated rings. The van der Waals surface area contributed by atoms with E-state index in [1.54, 1.807) is 0 Å². The van der Waals surface area contributed by atoms with Gasteiger partial charge < -0.3 is 47.4 Å². The van der Waals surface area contributed by atoms with Crippen LogP contribution in [0.1, 0.15) is 158 Å². The topological polar surface area (TPSA) is 124 Å². The van der Waals surface area contributed by atoms with Gasteiger partial charge in [0.25, 0.3) is 0 Å². The number of nitrogens with zero attached hydrogens (tertiary/aromatic N) is 2. The molecule has 0 saturated carbocycles. The molecule has 394 valence electrons. The van der Waals surface area contributed by atoms with Gasteiger partial charge in [-0.15, -0.1) is 0 Å². The number of hydroxylamine groups is 4. The first-order valence-electron chi connectivity index (χ1n) is 26.9. The van der Waals surface area contributed by atoms with Gasteiger partial charge in [0.2, 0.25) is 0 Å². The summed E-state index contributed by atoms with van der Waals surface area (Å²) in [6.07, 6.45) is 6.57. The molecule has 6 heterocycles. The van der Waals surface area contributed by atoms with Crippen molar-refractivity contribution in [1.29, 1.82) is 0 Å². The largest absolute Gasteiger partial charge is 0.491 e. The molecule has 0 N–H and O–H groups in total. The summed E-state index contributed by atoms with van der Waals surface area (Å²) in [4.78, 5) is 14.0. The van der Waals surface area contributed by atoms with Crippen LogP contribution in [0.2, 0.25) is 0 Å². The second-order valence-electron chi connectivity index (χ2n) is 22.3. The minimum atomic E-state index is -0.726. The lowest BCUT2D eigenvalue weighted by molar-refractivity contribution is -0.380. The highest BCUT2D eigenvalue weighted by Crippen LogP contribution is 2.56. The van der Waals surface area contributed by atoms with E-state index in [2.05, 4.69) is 117 Å². The Hall–Kier alpha value is -2.44. The summed E-state index contributed by atoms with van der Waals surface area (Å²) in [5.74, 6) is 0.320. The second-order valence-corrected chi connectivity index (χ2v) is 22.3. The lowest BCUT2D eigenvalue weighted by Crippen LogP contribution is -2.71. The standard InChI is InChI=1S/C56H88N2O12/c1-13-51(9)37-55(41(7)53(11,15-3)57(51)69-39(5)43-19-23-45(24-20-43)61-31-47-33-63-47)65-35-49(67-55)29-59-27-17-18-28-60-30-50-36-66-56(68-50)38-52(10,14-2)58(54(12,16-4)42(56)8)70-40(6)44-21-25-46(26-22-44)62-32-48-34-64-48/h19-26,39-42,47-50H,13-18,27-38H2,1-12H3. The first-order chi connectivity index (χ1) is 33.5. The van der Waals surface area contributed by atoms with E-state index in [1.165, 1.54) is 0 Å². The Morgan fingerprint density at radius 2 is 0.900 bits per heavy atom. The van der Waals surface area contributed by atoms with Crippen molar-refractivity contribution in [3.05, 3.63) is 59.7 Å². The Kier molecular flexibility index (Phi) is 17.1. The summed E-state index contributed by atoms with van der Waals surface area (Å²) in [5.41, 5.74) is 0.872. The minimum absolute atomic E-state index is 0.0398. The fourth-order valence-electron chi connectivity index (χ4n) is 11.6. The van der Waals surface area contributed by atoms with E-state index in [9.17, 15) is 0 Å². The Morgan fingerprint density at radius 1 is 0.529 bits per heavy atom. The number of piperidine rings is 2. The molecule has 0 aliphatic carbocycles. The van der Waals surface area contributed by atoms with Crippen LogP contribution in [-0.4, -0.2) is 134 Å². The van der Waals surface area contributed by atoms with Crippen molar-refractivity contribution in [3.63, 3.8) is 0 Å². The van der Waals surface area contributed by atoms with Crippen LogP contribution in [0.5, 0.6) is 11.5 Å². The van der Waals surface area contributed by atoms with Gasteiger partial charge in [-0.3, -0.25) is 9.68 Å². The molecular weight excluding hydrogens is 893 g/mol. The van der Waals surface area contributed by atoms with Crippen molar-refractivity contribution in [2.45, 2.75) is 205 Å². The summed E-state index contributed by atoms with van der Waals surface area (Å²) in [7, 11) is 0. The third-order valence-corrected chi connectivity index (χ3v) is 17.4. The van der Waals surface area contributed by atoms with Crippen LogP contribution >= 0.6 is 0 Å². The van der Waals surface area contributed by atoms with Gasteiger partial charge in [-0.2, -0.15) is 10.1 Å². The van der Waals surface area contributed by atoms with Crippen LogP contribution in [0.15, 0.2) is 48.5 Å². The van der Waals surface area contributed by atoms with E-state index in [0.717, 1.165) is 74.4 Å². The van der Waals surface area contributed by atoms with Crippen molar-refractivity contribution in [1.82, 2.24) is 10.1 Å². The van der Waals surface area contributed by atoms with Crippen molar-refractivity contribution >= 4 is 0 Å². The minimum Gasteiger partial charge on any atom is -0.491 e. The van der Waals surface area contributed by atoms with E-state index in [0.29, 0.717) is 65.7 Å². The van der Waals surface area contributed by atoms with Gasteiger partial charge in [0.05, 0.1) is 50.7 Å². The molecule has 14 atom stereocenters. The van der Waals surface area contributed by atoms with E-state index in [1.807, 2.05) is 24.3 Å². The number of epoxide rings is 2. The molecule has 70 heavy (non-hydrogen) atoms. The highest BCUT2D eigenvalue weighted by atomic mass is 16.8. The summed E-state index contributed by atoms with van der Waals surface area (Å²) in [5, 5.41) is 4.57. The molecule has 0 bridgehead atoms. The summed E-state index contributed by atoms with van der Waals surface area (Å²) in [6.45, 7) is 32.9. The smallest absolute Gasteiger partial charge is 0.175 e. The predicted molar refractivity (Wildman–Crippen MR) is 266 cm³/mol. The predicted octanol–water partition coefficient (Wildman–Crippen LogP) is 10.3. The lowest BCUT2D eigenvalue weighted by Gasteiger charge is -2.62. The molecule has 2 spiro atoms. The van der Waals surface area contributed by atoms with Crippen LogP contribution in [0.25, 0.3) is 0 Å². The fourth-order valence-corrected chi connectivity index (χ4v) is 11.6. The van der Waals surface area contributed by atoms with E-state index in [4.69, 9.17) is 57.0 Å². The number of hydrogen-bond acceptors (Lipinski definition) is 14. The Morgan fingerprint density at radius 3 is 1.23 bits per heavy atom. The maximum Gasteiger partial charge on any atom is 0.175 e. The monoisotopic (exact) mass is 981 g/mol. The number of unbranched alkanes of at least 4 members (excludes halogenated alkanes) is 1. The quantitative estimate of drug-likeness (QED) is 0.0692. The van der Waals surface area contributed by atoms with Crippen molar-refractivity contribution in [3.8, 4) is 11.5 Å². The first kappa shape index (κ1) is 53.8.